The summed E-state index contributed by atoms with van der Waals surface area (Å²) in [6.45, 7) is 0.756. The molecule has 3 aromatic rings. The molecule has 3 rings (SSSR count). The van der Waals surface area contributed by atoms with Crippen LogP contribution in [0.3, 0.4) is 0 Å². The van der Waals surface area contributed by atoms with E-state index < -0.39 is 0 Å². The molecule has 0 bridgehead atoms. The van der Waals surface area contributed by atoms with Gasteiger partial charge in [-0.1, -0.05) is 42.5 Å². The van der Waals surface area contributed by atoms with E-state index in [-0.39, 0.29) is 0 Å². The van der Waals surface area contributed by atoms with Crippen molar-refractivity contribution in [3.05, 3.63) is 77.9 Å². The van der Waals surface area contributed by atoms with Gasteiger partial charge >= 0.3 is 0 Å². The van der Waals surface area contributed by atoms with Crippen molar-refractivity contribution in [1.82, 2.24) is 14.8 Å². The summed E-state index contributed by atoms with van der Waals surface area (Å²) >= 11 is 0. The van der Waals surface area contributed by atoms with Crippen LogP contribution in [0.25, 0.3) is 0 Å². The van der Waals surface area contributed by atoms with Gasteiger partial charge in [0.05, 0.1) is 13.7 Å². The SMILES string of the molecule is COc1ccc(CCc2nn[c]n2Cc2ccccc2)cc1. The quantitative estimate of drug-likeness (QED) is 0.701. The molecule has 0 aliphatic carbocycles. The summed E-state index contributed by atoms with van der Waals surface area (Å²) in [5.74, 6) is 1.84. The Morgan fingerprint density at radius 3 is 2.45 bits per heavy atom. The predicted octanol–water partition coefficient (Wildman–Crippen LogP) is 2.92. The maximum Gasteiger partial charge on any atom is 0.202 e. The molecule has 2 aromatic carbocycles. The Morgan fingerprint density at radius 2 is 1.73 bits per heavy atom. The van der Waals surface area contributed by atoms with Gasteiger partial charge in [-0.2, -0.15) is 0 Å². The molecule has 22 heavy (non-hydrogen) atoms. The zero-order chi connectivity index (χ0) is 15.2. The summed E-state index contributed by atoms with van der Waals surface area (Å²) in [4.78, 5) is 0. The number of hydrogen-bond donors (Lipinski definition) is 0. The minimum Gasteiger partial charge on any atom is -0.497 e. The summed E-state index contributed by atoms with van der Waals surface area (Å²) in [7, 11) is 1.68. The van der Waals surface area contributed by atoms with Crippen LogP contribution >= 0.6 is 0 Å². The predicted molar refractivity (Wildman–Crippen MR) is 84.8 cm³/mol. The van der Waals surface area contributed by atoms with Gasteiger partial charge in [0.2, 0.25) is 6.33 Å². The highest BCUT2D eigenvalue weighted by atomic mass is 16.5. The Labute approximate surface area is 130 Å². The standard InChI is InChI=1S/C18H18N3O/c1-22-17-10-7-15(8-11-17)9-12-18-20-19-14-21(18)13-16-5-3-2-4-6-16/h2-8,10-11H,9,12-13H2,1H3. The highest BCUT2D eigenvalue weighted by molar-refractivity contribution is 5.27. The number of aromatic nitrogens is 3. The van der Waals surface area contributed by atoms with Crippen LogP contribution in [0.4, 0.5) is 0 Å². The van der Waals surface area contributed by atoms with Crippen LogP contribution in [0.15, 0.2) is 54.6 Å². The normalized spacial score (nSPS) is 10.6. The first-order valence-corrected chi connectivity index (χ1v) is 7.32. The highest BCUT2D eigenvalue weighted by Crippen LogP contribution is 2.13. The number of rotatable bonds is 6. The van der Waals surface area contributed by atoms with Crippen molar-refractivity contribution in [2.45, 2.75) is 19.4 Å². The molecule has 0 fully saturated rings. The minimum atomic E-state index is 0.756. The molecule has 0 amide bonds. The molecule has 1 radical (unpaired) electrons. The molecule has 0 saturated heterocycles. The summed E-state index contributed by atoms with van der Waals surface area (Å²) in [6, 6.07) is 18.4. The smallest absolute Gasteiger partial charge is 0.202 e. The minimum absolute atomic E-state index is 0.756. The van der Waals surface area contributed by atoms with E-state index in [9.17, 15) is 0 Å². The molecule has 4 heteroatoms. The average Bonchev–Trinajstić information content (AvgIpc) is 3.01. The zero-order valence-electron chi connectivity index (χ0n) is 12.6. The van der Waals surface area contributed by atoms with Gasteiger partial charge in [0, 0.05) is 6.42 Å². The second-order valence-corrected chi connectivity index (χ2v) is 5.14. The van der Waals surface area contributed by atoms with Crippen molar-refractivity contribution in [2.24, 2.45) is 0 Å². The molecule has 0 saturated carbocycles. The van der Waals surface area contributed by atoms with Crippen molar-refractivity contribution in [2.75, 3.05) is 7.11 Å². The first-order valence-electron chi connectivity index (χ1n) is 7.32. The van der Waals surface area contributed by atoms with E-state index in [2.05, 4.69) is 40.8 Å². The lowest BCUT2D eigenvalue weighted by molar-refractivity contribution is 0.414. The Kier molecular flexibility index (Phi) is 4.49. The van der Waals surface area contributed by atoms with Crippen LogP contribution in [-0.4, -0.2) is 21.9 Å². The van der Waals surface area contributed by atoms with Gasteiger partial charge in [-0.25, -0.2) is 0 Å². The van der Waals surface area contributed by atoms with Gasteiger partial charge in [0.1, 0.15) is 11.6 Å². The number of benzene rings is 2. The Bertz CT molecular complexity index is 705. The second kappa shape index (κ2) is 6.89. The van der Waals surface area contributed by atoms with E-state index in [1.807, 2.05) is 34.9 Å². The third-order valence-electron chi connectivity index (χ3n) is 3.62. The molecular weight excluding hydrogens is 274 g/mol. The lowest BCUT2D eigenvalue weighted by atomic mass is 10.1. The topological polar surface area (TPSA) is 39.9 Å². The zero-order valence-corrected chi connectivity index (χ0v) is 12.6. The molecule has 4 nitrogen and oxygen atoms in total. The third kappa shape index (κ3) is 3.52. The van der Waals surface area contributed by atoms with Crippen LogP contribution < -0.4 is 4.74 Å². The fraction of sp³-hybridized carbons (Fsp3) is 0.222. The first-order chi connectivity index (χ1) is 10.8. The number of ether oxygens (including phenoxy) is 1. The summed E-state index contributed by atoms with van der Waals surface area (Å²) in [6.07, 6.45) is 4.71. The second-order valence-electron chi connectivity index (χ2n) is 5.14. The monoisotopic (exact) mass is 292 g/mol. The molecule has 0 atom stereocenters. The van der Waals surface area contributed by atoms with Crippen LogP contribution in [0, 0.1) is 6.33 Å². The van der Waals surface area contributed by atoms with Crippen LogP contribution in [-0.2, 0) is 19.4 Å². The molecule has 0 unspecified atom stereocenters. The van der Waals surface area contributed by atoms with Crippen molar-refractivity contribution < 1.29 is 4.74 Å². The van der Waals surface area contributed by atoms with E-state index in [1.54, 1.807) is 7.11 Å². The molecule has 0 N–H and O–H groups in total. The molecule has 1 aromatic heterocycles. The molecule has 0 aliphatic rings. The maximum atomic E-state index is 5.17. The van der Waals surface area contributed by atoms with Crippen molar-refractivity contribution in [3.8, 4) is 5.75 Å². The average molecular weight is 292 g/mol. The van der Waals surface area contributed by atoms with Crippen molar-refractivity contribution >= 4 is 0 Å². The lowest BCUT2D eigenvalue weighted by Gasteiger charge is -2.07. The van der Waals surface area contributed by atoms with E-state index in [0.29, 0.717) is 0 Å². The number of methoxy groups -OCH3 is 1. The molecule has 1 heterocycles. The van der Waals surface area contributed by atoms with Gasteiger partial charge in [-0.15, -0.1) is 10.2 Å². The number of nitrogens with zero attached hydrogens (tertiary/aromatic N) is 3. The Hall–Kier alpha value is -2.62. The Morgan fingerprint density at radius 1 is 0.955 bits per heavy atom. The summed E-state index contributed by atoms with van der Waals surface area (Å²) < 4.78 is 7.16. The maximum absolute atomic E-state index is 5.17. The fourth-order valence-electron chi connectivity index (χ4n) is 2.37. The molecular formula is C18H18N3O. The third-order valence-corrected chi connectivity index (χ3v) is 3.62. The van der Waals surface area contributed by atoms with Crippen molar-refractivity contribution in [3.63, 3.8) is 0 Å². The van der Waals surface area contributed by atoms with Gasteiger partial charge in [0.15, 0.2) is 0 Å². The van der Waals surface area contributed by atoms with E-state index in [0.717, 1.165) is 31.0 Å². The van der Waals surface area contributed by atoms with Crippen LogP contribution in [0.5, 0.6) is 5.75 Å². The van der Waals surface area contributed by atoms with Gasteiger partial charge in [-0.05, 0) is 29.7 Å². The largest absolute Gasteiger partial charge is 0.497 e. The van der Waals surface area contributed by atoms with Crippen LogP contribution in [0.1, 0.15) is 17.0 Å². The first kappa shape index (κ1) is 14.3. The van der Waals surface area contributed by atoms with E-state index >= 15 is 0 Å². The van der Waals surface area contributed by atoms with Crippen molar-refractivity contribution in [1.29, 1.82) is 0 Å². The molecule has 0 spiro atoms. The number of hydrogen-bond acceptors (Lipinski definition) is 3. The lowest BCUT2D eigenvalue weighted by Crippen LogP contribution is -2.06. The summed E-state index contributed by atoms with van der Waals surface area (Å²) in [5.41, 5.74) is 2.49. The number of aryl methyl sites for hydroxylation is 2. The summed E-state index contributed by atoms with van der Waals surface area (Å²) in [5, 5.41) is 8.12. The highest BCUT2D eigenvalue weighted by Gasteiger charge is 2.06. The Balaban J connectivity index is 1.64. The van der Waals surface area contributed by atoms with Gasteiger partial charge < -0.3 is 9.30 Å². The van der Waals surface area contributed by atoms with Gasteiger partial charge in [-0.3, -0.25) is 0 Å². The fourth-order valence-corrected chi connectivity index (χ4v) is 2.37. The van der Waals surface area contributed by atoms with Crippen LogP contribution in [0.2, 0.25) is 0 Å². The van der Waals surface area contributed by atoms with E-state index in [4.69, 9.17) is 4.74 Å². The molecule has 0 aliphatic heterocycles. The van der Waals surface area contributed by atoms with Gasteiger partial charge in [0.25, 0.3) is 0 Å². The van der Waals surface area contributed by atoms with E-state index in [1.165, 1.54) is 11.1 Å². The molecule has 111 valence electrons.